The van der Waals surface area contributed by atoms with Gasteiger partial charge in [-0.05, 0) is 74.6 Å². The zero-order valence-electron chi connectivity index (χ0n) is 15.9. The summed E-state index contributed by atoms with van der Waals surface area (Å²) < 4.78 is 5.99. The van der Waals surface area contributed by atoms with Gasteiger partial charge in [0, 0.05) is 24.5 Å². The van der Waals surface area contributed by atoms with Crippen molar-refractivity contribution in [2.45, 2.75) is 46.1 Å². The topological polar surface area (TPSA) is 41.6 Å². The van der Waals surface area contributed by atoms with E-state index in [0.717, 1.165) is 35.7 Å². The fourth-order valence-corrected chi connectivity index (χ4v) is 3.26. The first kappa shape index (κ1) is 18.3. The van der Waals surface area contributed by atoms with Crippen molar-refractivity contribution in [1.29, 1.82) is 0 Å². The second-order valence-electron chi connectivity index (χ2n) is 7.01. The maximum Gasteiger partial charge on any atom is 0.265 e. The maximum absolute atomic E-state index is 12.6. The first-order valence-corrected chi connectivity index (χ1v) is 9.46. The monoisotopic (exact) mass is 352 g/mol. The number of carbonyl (C=O) groups excluding carboxylic acids is 1. The molecule has 0 saturated carbocycles. The molecule has 0 aliphatic carbocycles. The van der Waals surface area contributed by atoms with Crippen LogP contribution in [0.4, 0.5) is 11.4 Å². The molecule has 0 spiro atoms. The van der Waals surface area contributed by atoms with Gasteiger partial charge in [-0.1, -0.05) is 19.1 Å². The van der Waals surface area contributed by atoms with Crippen LogP contribution >= 0.6 is 0 Å². The molecule has 1 saturated heterocycles. The van der Waals surface area contributed by atoms with Crippen LogP contribution in [0.5, 0.6) is 5.75 Å². The summed E-state index contributed by atoms with van der Waals surface area (Å²) in [6, 6.07) is 14.1. The van der Waals surface area contributed by atoms with Gasteiger partial charge in [-0.25, -0.2) is 0 Å². The molecule has 1 N–H and O–H groups in total. The number of nitrogens with zero attached hydrogens (tertiary/aromatic N) is 1. The van der Waals surface area contributed by atoms with Crippen molar-refractivity contribution >= 4 is 17.3 Å². The van der Waals surface area contributed by atoms with E-state index in [1.54, 1.807) is 0 Å². The van der Waals surface area contributed by atoms with Crippen LogP contribution in [0.15, 0.2) is 42.5 Å². The first-order chi connectivity index (χ1) is 12.6. The van der Waals surface area contributed by atoms with Gasteiger partial charge in [0.25, 0.3) is 5.91 Å². The Morgan fingerprint density at radius 1 is 1.12 bits per heavy atom. The second-order valence-corrected chi connectivity index (χ2v) is 7.01. The van der Waals surface area contributed by atoms with Crippen molar-refractivity contribution in [1.82, 2.24) is 0 Å². The summed E-state index contributed by atoms with van der Waals surface area (Å²) in [6.07, 6.45) is 2.62. The zero-order valence-corrected chi connectivity index (χ0v) is 15.9. The molecule has 1 unspecified atom stereocenters. The highest BCUT2D eigenvalue weighted by Crippen LogP contribution is 2.24. The van der Waals surface area contributed by atoms with Crippen LogP contribution in [0.2, 0.25) is 0 Å². The number of carbonyl (C=O) groups is 1. The largest absolute Gasteiger partial charge is 0.480 e. The average Bonchev–Trinajstić information content (AvgIpc) is 3.17. The van der Waals surface area contributed by atoms with E-state index in [-0.39, 0.29) is 5.91 Å². The quantitative estimate of drug-likeness (QED) is 0.819. The van der Waals surface area contributed by atoms with E-state index in [1.165, 1.54) is 18.5 Å². The number of hydrogen-bond donors (Lipinski definition) is 1. The lowest BCUT2D eigenvalue weighted by molar-refractivity contribution is -0.122. The zero-order chi connectivity index (χ0) is 18.5. The molecule has 1 heterocycles. The molecule has 1 fully saturated rings. The lowest BCUT2D eigenvalue weighted by Gasteiger charge is -2.20. The third-order valence-corrected chi connectivity index (χ3v) is 4.88. The van der Waals surface area contributed by atoms with Gasteiger partial charge in [-0.3, -0.25) is 4.79 Å². The number of hydrogen-bond acceptors (Lipinski definition) is 3. The Labute approximate surface area is 156 Å². The predicted molar refractivity (Wildman–Crippen MR) is 107 cm³/mol. The minimum atomic E-state index is -0.506. The van der Waals surface area contributed by atoms with Crippen molar-refractivity contribution < 1.29 is 9.53 Å². The molecule has 1 aliphatic heterocycles. The number of anilines is 2. The van der Waals surface area contributed by atoms with Crippen LogP contribution < -0.4 is 15.0 Å². The fraction of sp³-hybridized carbons (Fsp3) is 0.409. The lowest BCUT2D eigenvalue weighted by Crippen LogP contribution is -2.32. The van der Waals surface area contributed by atoms with Gasteiger partial charge in [-0.2, -0.15) is 0 Å². The Morgan fingerprint density at radius 2 is 1.81 bits per heavy atom. The fourth-order valence-electron chi connectivity index (χ4n) is 3.26. The van der Waals surface area contributed by atoms with Crippen molar-refractivity contribution in [3.8, 4) is 5.75 Å². The number of aryl methyl sites for hydroxylation is 2. The SMILES string of the molecule is CCC(Oc1cc(C)ccc1C)C(=O)Nc1ccc(N2CCCC2)cc1. The Hall–Kier alpha value is -2.49. The van der Waals surface area contributed by atoms with Crippen molar-refractivity contribution in [3.05, 3.63) is 53.6 Å². The van der Waals surface area contributed by atoms with E-state index in [0.29, 0.717) is 6.42 Å². The molecule has 2 aromatic carbocycles. The number of rotatable bonds is 6. The van der Waals surface area contributed by atoms with E-state index in [1.807, 2.05) is 51.1 Å². The smallest absolute Gasteiger partial charge is 0.265 e. The van der Waals surface area contributed by atoms with E-state index in [4.69, 9.17) is 4.74 Å². The van der Waals surface area contributed by atoms with Crippen LogP contribution in [0, 0.1) is 13.8 Å². The first-order valence-electron chi connectivity index (χ1n) is 9.46. The maximum atomic E-state index is 12.6. The summed E-state index contributed by atoms with van der Waals surface area (Å²) in [4.78, 5) is 15.0. The van der Waals surface area contributed by atoms with Gasteiger partial charge in [0.15, 0.2) is 6.10 Å². The van der Waals surface area contributed by atoms with Crippen molar-refractivity contribution in [2.75, 3.05) is 23.3 Å². The molecule has 0 bridgehead atoms. The standard InChI is InChI=1S/C22H28N2O2/c1-4-20(26-21-15-16(2)7-8-17(21)3)22(25)23-18-9-11-19(12-10-18)24-13-5-6-14-24/h7-12,15,20H,4-6,13-14H2,1-3H3,(H,23,25). The molecular formula is C22H28N2O2. The second kappa shape index (κ2) is 8.26. The number of nitrogens with one attached hydrogen (secondary N) is 1. The molecule has 3 rings (SSSR count). The molecular weight excluding hydrogens is 324 g/mol. The average molecular weight is 352 g/mol. The molecule has 1 amide bonds. The normalized spacial score (nSPS) is 15.0. The van der Waals surface area contributed by atoms with Crippen LogP contribution in [0.3, 0.4) is 0 Å². The van der Waals surface area contributed by atoms with Gasteiger partial charge >= 0.3 is 0 Å². The van der Waals surface area contributed by atoms with Crippen LogP contribution in [-0.2, 0) is 4.79 Å². The Balaban J connectivity index is 1.64. The highest BCUT2D eigenvalue weighted by Gasteiger charge is 2.20. The van der Waals surface area contributed by atoms with Crippen molar-refractivity contribution in [2.24, 2.45) is 0 Å². The highest BCUT2D eigenvalue weighted by molar-refractivity contribution is 5.94. The Kier molecular flexibility index (Phi) is 5.82. The van der Waals surface area contributed by atoms with Crippen molar-refractivity contribution in [3.63, 3.8) is 0 Å². The Bertz CT molecular complexity index is 749. The van der Waals surface area contributed by atoms with E-state index in [2.05, 4.69) is 22.3 Å². The van der Waals surface area contributed by atoms with Gasteiger partial charge < -0.3 is 15.0 Å². The Morgan fingerprint density at radius 3 is 2.46 bits per heavy atom. The molecule has 0 radical (unpaired) electrons. The van der Waals surface area contributed by atoms with Gasteiger partial charge in [0.1, 0.15) is 5.75 Å². The lowest BCUT2D eigenvalue weighted by atomic mass is 10.1. The molecule has 0 aromatic heterocycles. The van der Waals surface area contributed by atoms with Gasteiger partial charge in [0.05, 0.1) is 0 Å². The van der Waals surface area contributed by atoms with Crippen LogP contribution in [0.25, 0.3) is 0 Å². The summed E-state index contributed by atoms with van der Waals surface area (Å²) in [5, 5.41) is 2.98. The van der Waals surface area contributed by atoms with E-state index < -0.39 is 6.10 Å². The number of ether oxygens (including phenoxy) is 1. The van der Waals surface area contributed by atoms with E-state index in [9.17, 15) is 4.79 Å². The van der Waals surface area contributed by atoms with Crippen LogP contribution in [0.1, 0.15) is 37.3 Å². The summed E-state index contributed by atoms with van der Waals surface area (Å²) >= 11 is 0. The van der Waals surface area contributed by atoms with E-state index >= 15 is 0 Å². The minimum Gasteiger partial charge on any atom is -0.480 e. The summed E-state index contributed by atoms with van der Waals surface area (Å²) in [5.41, 5.74) is 4.19. The molecule has 26 heavy (non-hydrogen) atoms. The summed E-state index contributed by atoms with van der Waals surface area (Å²) in [6.45, 7) is 8.22. The third kappa shape index (κ3) is 4.37. The van der Waals surface area contributed by atoms with Gasteiger partial charge in [0.2, 0.25) is 0 Å². The summed E-state index contributed by atoms with van der Waals surface area (Å²) in [7, 11) is 0. The molecule has 1 aliphatic rings. The van der Waals surface area contributed by atoms with Crippen LogP contribution in [-0.4, -0.2) is 25.1 Å². The summed E-state index contributed by atoms with van der Waals surface area (Å²) in [5.74, 6) is 0.665. The molecule has 1 atom stereocenters. The number of amides is 1. The minimum absolute atomic E-state index is 0.109. The molecule has 2 aromatic rings. The van der Waals surface area contributed by atoms with Gasteiger partial charge in [-0.15, -0.1) is 0 Å². The third-order valence-electron chi connectivity index (χ3n) is 4.88. The predicted octanol–water partition coefficient (Wildman–Crippen LogP) is 4.70. The molecule has 4 nitrogen and oxygen atoms in total. The molecule has 138 valence electrons. The highest BCUT2D eigenvalue weighted by atomic mass is 16.5. The number of benzene rings is 2. The molecule has 4 heteroatoms.